The molecule has 2 aromatic heterocycles. The minimum absolute atomic E-state index is 0.897. The molecule has 0 aliphatic rings. The fourth-order valence-corrected chi connectivity index (χ4v) is 3.01. The third-order valence-corrected chi connectivity index (χ3v) is 4.09. The molecule has 2 rings (SSSR count). The number of hydrogen-bond donors (Lipinski definition) is 1. The smallest absolute Gasteiger partial charge is 0.176 e. The van der Waals surface area contributed by atoms with E-state index < -0.39 is 0 Å². The Morgan fingerprint density at radius 3 is 2.78 bits per heavy atom. The molecule has 0 unspecified atom stereocenters. The molecule has 2 heterocycles. The summed E-state index contributed by atoms with van der Waals surface area (Å²) in [7, 11) is 0. The lowest BCUT2D eigenvalue weighted by Crippen LogP contribution is -2.06. The van der Waals surface area contributed by atoms with Crippen LogP contribution in [0.25, 0.3) is 0 Å². The lowest BCUT2D eigenvalue weighted by Gasteiger charge is -2.11. The summed E-state index contributed by atoms with van der Waals surface area (Å²) < 4.78 is 4.90. The van der Waals surface area contributed by atoms with Crippen LogP contribution in [0.5, 0.6) is 0 Å². The van der Waals surface area contributed by atoms with Crippen molar-refractivity contribution in [1.29, 1.82) is 0 Å². The van der Waals surface area contributed by atoms with Gasteiger partial charge in [0.1, 0.15) is 23.5 Å². The molecule has 0 amide bonds. The van der Waals surface area contributed by atoms with Gasteiger partial charge in [-0.25, -0.2) is 15.0 Å². The number of nitrogens with zero attached hydrogens (tertiary/aromatic N) is 4. The first-order valence-electron chi connectivity index (χ1n) is 5.87. The third-order valence-electron chi connectivity index (χ3n) is 2.33. The van der Waals surface area contributed by atoms with Crippen molar-refractivity contribution in [2.45, 2.75) is 36.1 Å². The predicted molar refractivity (Wildman–Crippen MR) is 74.2 cm³/mol. The SMILES string of the molecule is CCCNc1ncnc(Sc2ncns2)c1CC. The van der Waals surface area contributed by atoms with Crippen molar-refractivity contribution in [3.8, 4) is 0 Å². The zero-order valence-electron chi connectivity index (χ0n) is 10.4. The highest BCUT2D eigenvalue weighted by Crippen LogP contribution is 2.31. The highest BCUT2D eigenvalue weighted by Gasteiger charge is 2.12. The molecule has 7 heteroatoms. The summed E-state index contributed by atoms with van der Waals surface area (Å²) in [5.74, 6) is 0.932. The largest absolute Gasteiger partial charge is 0.370 e. The normalized spacial score (nSPS) is 10.6. The molecule has 0 bridgehead atoms. The lowest BCUT2D eigenvalue weighted by atomic mass is 10.2. The van der Waals surface area contributed by atoms with Crippen LogP contribution in [0.4, 0.5) is 5.82 Å². The van der Waals surface area contributed by atoms with Gasteiger partial charge in [0.05, 0.1) is 0 Å². The molecule has 0 radical (unpaired) electrons. The van der Waals surface area contributed by atoms with E-state index >= 15 is 0 Å². The van der Waals surface area contributed by atoms with Gasteiger partial charge >= 0.3 is 0 Å². The summed E-state index contributed by atoms with van der Waals surface area (Å²) in [5, 5.41) is 4.30. The average Bonchev–Trinajstić information content (AvgIpc) is 2.89. The van der Waals surface area contributed by atoms with Gasteiger partial charge in [-0.1, -0.05) is 13.8 Å². The molecule has 0 atom stereocenters. The highest BCUT2D eigenvalue weighted by atomic mass is 32.2. The summed E-state index contributed by atoms with van der Waals surface area (Å²) in [6.45, 7) is 5.17. The molecule has 0 saturated heterocycles. The van der Waals surface area contributed by atoms with E-state index in [1.807, 2.05) is 0 Å². The van der Waals surface area contributed by atoms with Crippen molar-refractivity contribution in [2.75, 3.05) is 11.9 Å². The number of aromatic nitrogens is 4. The molecular weight excluding hydrogens is 266 g/mol. The van der Waals surface area contributed by atoms with Crippen LogP contribution in [0.2, 0.25) is 0 Å². The van der Waals surface area contributed by atoms with Crippen molar-refractivity contribution in [3.63, 3.8) is 0 Å². The van der Waals surface area contributed by atoms with Gasteiger partial charge in [-0.2, -0.15) is 4.37 Å². The summed E-state index contributed by atoms with van der Waals surface area (Å²) in [5.41, 5.74) is 1.14. The molecule has 96 valence electrons. The maximum Gasteiger partial charge on any atom is 0.176 e. The van der Waals surface area contributed by atoms with Gasteiger partial charge in [0.25, 0.3) is 0 Å². The molecule has 0 spiro atoms. The van der Waals surface area contributed by atoms with Crippen molar-refractivity contribution in [1.82, 2.24) is 19.3 Å². The van der Waals surface area contributed by atoms with E-state index in [4.69, 9.17) is 0 Å². The maximum absolute atomic E-state index is 4.34. The third kappa shape index (κ3) is 3.17. The first kappa shape index (κ1) is 13.2. The molecule has 0 aliphatic carbocycles. The van der Waals surface area contributed by atoms with Crippen molar-refractivity contribution < 1.29 is 0 Å². The summed E-state index contributed by atoms with van der Waals surface area (Å²) in [4.78, 5) is 12.8. The van der Waals surface area contributed by atoms with Crippen LogP contribution in [-0.4, -0.2) is 25.9 Å². The Balaban J connectivity index is 2.23. The van der Waals surface area contributed by atoms with Crippen LogP contribution in [0.15, 0.2) is 22.0 Å². The molecule has 18 heavy (non-hydrogen) atoms. The standard InChI is InChI=1S/C11H15N5S2/c1-3-5-12-9-8(4-2)10(14-6-13-9)17-11-15-7-16-18-11/h6-7H,3-5H2,1-2H3,(H,12,13,14). The van der Waals surface area contributed by atoms with E-state index in [-0.39, 0.29) is 0 Å². The number of hydrogen-bond acceptors (Lipinski definition) is 7. The second-order valence-corrected chi connectivity index (χ2v) is 5.61. The van der Waals surface area contributed by atoms with Crippen molar-refractivity contribution >= 4 is 29.1 Å². The first-order valence-corrected chi connectivity index (χ1v) is 7.46. The highest BCUT2D eigenvalue weighted by molar-refractivity contribution is 8.00. The van der Waals surface area contributed by atoms with E-state index in [0.29, 0.717) is 0 Å². The Morgan fingerprint density at radius 1 is 1.22 bits per heavy atom. The van der Waals surface area contributed by atoms with Gasteiger partial charge in [-0.15, -0.1) is 0 Å². The Hall–Kier alpha value is -1.21. The second kappa shape index (κ2) is 6.65. The van der Waals surface area contributed by atoms with Gasteiger partial charge in [0, 0.05) is 12.1 Å². The Morgan fingerprint density at radius 2 is 2.11 bits per heavy atom. The van der Waals surface area contributed by atoms with Crippen LogP contribution in [0.3, 0.4) is 0 Å². The zero-order chi connectivity index (χ0) is 12.8. The lowest BCUT2D eigenvalue weighted by molar-refractivity contribution is 0.911. The quantitative estimate of drug-likeness (QED) is 0.821. The fraction of sp³-hybridized carbons (Fsp3) is 0.455. The van der Waals surface area contributed by atoms with Gasteiger partial charge < -0.3 is 5.32 Å². The van der Waals surface area contributed by atoms with Gasteiger partial charge in [0.2, 0.25) is 0 Å². The van der Waals surface area contributed by atoms with Gasteiger partial charge in [-0.05, 0) is 36.1 Å². The maximum atomic E-state index is 4.34. The Labute approximate surface area is 115 Å². The number of nitrogens with one attached hydrogen (secondary N) is 1. The molecule has 5 nitrogen and oxygen atoms in total. The van der Waals surface area contributed by atoms with E-state index in [2.05, 4.69) is 38.5 Å². The fourth-order valence-electron chi connectivity index (χ4n) is 1.49. The molecule has 0 aliphatic heterocycles. The first-order chi connectivity index (χ1) is 8.85. The van der Waals surface area contributed by atoms with E-state index in [0.717, 1.165) is 40.1 Å². The van der Waals surface area contributed by atoms with E-state index in [1.54, 1.807) is 24.4 Å². The van der Waals surface area contributed by atoms with Crippen LogP contribution in [-0.2, 0) is 6.42 Å². The molecule has 2 aromatic rings. The summed E-state index contributed by atoms with van der Waals surface area (Å²) >= 11 is 2.93. The number of rotatable bonds is 6. The van der Waals surface area contributed by atoms with Crippen LogP contribution < -0.4 is 5.32 Å². The molecule has 0 fully saturated rings. The van der Waals surface area contributed by atoms with Crippen molar-refractivity contribution in [3.05, 3.63) is 18.2 Å². The summed E-state index contributed by atoms with van der Waals surface area (Å²) in [6, 6.07) is 0. The minimum atomic E-state index is 0.897. The van der Waals surface area contributed by atoms with Gasteiger partial charge in [0.15, 0.2) is 4.34 Å². The van der Waals surface area contributed by atoms with E-state index in [9.17, 15) is 0 Å². The van der Waals surface area contributed by atoms with Crippen molar-refractivity contribution in [2.24, 2.45) is 0 Å². The van der Waals surface area contributed by atoms with Gasteiger partial charge in [-0.3, -0.25) is 0 Å². The van der Waals surface area contributed by atoms with Crippen LogP contribution >= 0.6 is 23.3 Å². The molecule has 0 saturated carbocycles. The van der Waals surface area contributed by atoms with E-state index in [1.165, 1.54) is 11.5 Å². The molecule has 0 aromatic carbocycles. The Bertz CT molecular complexity index is 486. The zero-order valence-corrected chi connectivity index (χ0v) is 12.0. The Kier molecular flexibility index (Phi) is 4.89. The predicted octanol–water partition coefficient (Wildman–Crippen LogP) is 2.86. The monoisotopic (exact) mass is 281 g/mol. The van der Waals surface area contributed by atoms with Crippen LogP contribution in [0.1, 0.15) is 25.8 Å². The number of anilines is 1. The second-order valence-electron chi connectivity index (χ2n) is 3.60. The molecular formula is C11H15N5S2. The average molecular weight is 281 g/mol. The minimum Gasteiger partial charge on any atom is -0.370 e. The summed E-state index contributed by atoms with van der Waals surface area (Å²) in [6.07, 6.45) is 5.14. The topological polar surface area (TPSA) is 63.6 Å². The van der Waals surface area contributed by atoms with Crippen LogP contribution in [0, 0.1) is 0 Å². The molecule has 1 N–H and O–H groups in total.